The minimum Gasteiger partial charge on any atom is -0.480 e. The van der Waals surface area contributed by atoms with Crippen LogP contribution in [0.3, 0.4) is 0 Å². The molecule has 19 heavy (non-hydrogen) atoms. The number of amides is 1. The van der Waals surface area contributed by atoms with Gasteiger partial charge < -0.3 is 9.84 Å². The molecule has 5 heteroatoms. The SMILES string of the molecule is COC(=O)N(CC(=O)O)C1C2CC3CC(C2)CC1C3. The van der Waals surface area contributed by atoms with Crippen molar-refractivity contribution in [3.8, 4) is 0 Å². The molecule has 0 spiro atoms. The smallest absolute Gasteiger partial charge is 0.410 e. The molecule has 1 amide bonds. The van der Waals surface area contributed by atoms with Crippen LogP contribution in [0.25, 0.3) is 0 Å². The van der Waals surface area contributed by atoms with E-state index in [-0.39, 0.29) is 12.6 Å². The van der Waals surface area contributed by atoms with E-state index in [1.807, 2.05) is 0 Å². The van der Waals surface area contributed by atoms with Gasteiger partial charge in [-0.05, 0) is 55.8 Å². The summed E-state index contributed by atoms with van der Waals surface area (Å²) in [6, 6.07) is 0.0800. The van der Waals surface area contributed by atoms with E-state index in [1.165, 1.54) is 18.4 Å². The van der Waals surface area contributed by atoms with E-state index in [0.717, 1.165) is 37.5 Å². The van der Waals surface area contributed by atoms with Gasteiger partial charge in [0.2, 0.25) is 0 Å². The van der Waals surface area contributed by atoms with E-state index in [9.17, 15) is 9.59 Å². The molecule has 0 radical (unpaired) electrons. The molecule has 4 fully saturated rings. The summed E-state index contributed by atoms with van der Waals surface area (Å²) in [5.74, 6) is 1.62. The zero-order valence-corrected chi connectivity index (χ0v) is 11.2. The van der Waals surface area contributed by atoms with E-state index < -0.39 is 12.1 Å². The Kier molecular flexibility index (Phi) is 3.15. The highest BCUT2D eigenvalue weighted by Crippen LogP contribution is 2.55. The van der Waals surface area contributed by atoms with Gasteiger partial charge in [0, 0.05) is 6.04 Å². The second kappa shape index (κ2) is 4.69. The van der Waals surface area contributed by atoms with Gasteiger partial charge in [-0.15, -0.1) is 0 Å². The fourth-order valence-electron chi connectivity index (χ4n) is 4.96. The zero-order valence-electron chi connectivity index (χ0n) is 11.2. The van der Waals surface area contributed by atoms with Crippen molar-refractivity contribution < 1.29 is 19.4 Å². The maximum Gasteiger partial charge on any atom is 0.410 e. The number of ether oxygens (including phenoxy) is 1. The van der Waals surface area contributed by atoms with Gasteiger partial charge in [-0.25, -0.2) is 4.79 Å². The van der Waals surface area contributed by atoms with Crippen molar-refractivity contribution in [1.82, 2.24) is 4.90 Å². The van der Waals surface area contributed by atoms with Gasteiger partial charge in [-0.3, -0.25) is 9.69 Å². The highest BCUT2D eigenvalue weighted by atomic mass is 16.5. The van der Waals surface area contributed by atoms with Crippen molar-refractivity contribution in [2.45, 2.75) is 38.1 Å². The minimum absolute atomic E-state index is 0.0800. The molecule has 4 aliphatic rings. The lowest BCUT2D eigenvalue weighted by molar-refractivity contribution is -0.140. The van der Waals surface area contributed by atoms with Gasteiger partial charge >= 0.3 is 12.1 Å². The Labute approximate surface area is 112 Å². The Bertz CT molecular complexity index is 367. The van der Waals surface area contributed by atoms with Crippen LogP contribution < -0.4 is 0 Å². The topological polar surface area (TPSA) is 66.8 Å². The van der Waals surface area contributed by atoms with Crippen molar-refractivity contribution in [3.63, 3.8) is 0 Å². The van der Waals surface area contributed by atoms with Gasteiger partial charge in [0.05, 0.1) is 7.11 Å². The Morgan fingerprint density at radius 1 is 1.11 bits per heavy atom. The van der Waals surface area contributed by atoms with Gasteiger partial charge in [-0.1, -0.05) is 0 Å². The van der Waals surface area contributed by atoms with Crippen LogP contribution in [0.2, 0.25) is 0 Å². The molecule has 5 nitrogen and oxygen atoms in total. The third-order valence-corrected chi connectivity index (χ3v) is 5.25. The fourth-order valence-corrected chi connectivity index (χ4v) is 4.96. The van der Waals surface area contributed by atoms with E-state index in [1.54, 1.807) is 0 Å². The van der Waals surface area contributed by atoms with Crippen molar-refractivity contribution in [3.05, 3.63) is 0 Å². The lowest BCUT2D eigenvalue weighted by Crippen LogP contribution is -2.58. The first-order valence-electron chi connectivity index (χ1n) is 7.14. The fraction of sp³-hybridized carbons (Fsp3) is 0.857. The summed E-state index contributed by atoms with van der Waals surface area (Å²) in [6.45, 7) is -0.236. The van der Waals surface area contributed by atoms with Gasteiger partial charge in [-0.2, -0.15) is 0 Å². The van der Waals surface area contributed by atoms with Crippen LogP contribution in [0, 0.1) is 23.7 Å². The van der Waals surface area contributed by atoms with Crippen LogP contribution >= 0.6 is 0 Å². The van der Waals surface area contributed by atoms with Crippen molar-refractivity contribution in [2.75, 3.05) is 13.7 Å². The van der Waals surface area contributed by atoms with E-state index in [0.29, 0.717) is 11.8 Å². The normalized spacial score (nSPS) is 39.1. The number of nitrogens with zero attached hydrogens (tertiary/aromatic N) is 1. The molecule has 4 aliphatic carbocycles. The molecule has 106 valence electrons. The lowest BCUT2D eigenvalue weighted by Gasteiger charge is -2.56. The largest absolute Gasteiger partial charge is 0.480 e. The van der Waals surface area contributed by atoms with Crippen LogP contribution in [0.15, 0.2) is 0 Å². The Morgan fingerprint density at radius 3 is 2.05 bits per heavy atom. The van der Waals surface area contributed by atoms with Crippen LogP contribution in [-0.4, -0.2) is 41.8 Å². The Hall–Kier alpha value is -1.26. The second-order valence-corrected chi connectivity index (χ2v) is 6.41. The number of hydrogen-bond acceptors (Lipinski definition) is 3. The Morgan fingerprint density at radius 2 is 1.63 bits per heavy atom. The third kappa shape index (κ3) is 2.19. The molecule has 0 aromatic rings. The summed E-state index contributed by atoms with van der Waals surface area (Å²) in [5, 5.41) is 9.03. The first-order valence-corrected chi connectivity index (χ1v) is 7.14. The zero-order chi connectivity index (χ0) is 13.6. The summed E-state index contributed by atoms with van der Waals surface area (Å²) in [6.07, 6.45) is 5.49. The molecular weight excluding hydrogens is 246 g/mol. The number of methoxy groups -OCH3 is 1. The number of aliphatic carboxylic acids is 1. The van der Waals surface area contributed by atoms with Gasteiger partial charge in [0.1, 0.15) is 6.54 Å². The average molecular weight is 267 g/mol. The standard InChI is InChI=1S/C14H21NO4/c1-19-14(18)15(7-12(16)17)13-10-3-8-2-9(5-10)6-11(13)4-8/h8-11,13H,2-7H2,1H3,(H,16,17). The van der Waals surface area contributed by atoms with E-state index >= 15 is 0 Å². The quantitative estimate of drug-likeness (QED) is 0.849. The summed E-state index contributed by atoms with van der Waals surface area (Å²) in [5.41, 5.74) is 0. The maximum atomic E-state index is 11.9. The molecule has 0 saturated heterocycles. The van der Waals surface area contributed by atoms with E-state index in [4.69, 9.17) is 9.84 Å². The number of carboxylic acids is 1. The predicted molar refractivity (Wildman–Crippen MR) is 67.6 cm³/mol. The minimum atomic E-state index is -0.959. The molecule has 0 atom stereocenters. The average Bonchev–Trinajstić information content (AvgIpc) is 2.34. The van der Waals surface area contributed by atoms with Gasteiger partial charge in [0.15, 0.2) is 0 Å². The first-order chi connectivity index (χ1) is 9.08. The van der Waals surface area contributed by atoms with Crippen LogP contribution in [0.1, 0.15) is 32.1 Å². The summed E-state index contributed by atoms with van der Waals surface area (Å²) < 4.78 is 4.79. The van der Waals surface area contributed by atoms with Crippen LogP contribution in [0.4, 0.5) is 4.79 Å². The molecule has 0 aliphatic heterocycles. The number of hydrogen-bond donors (Lipinski definition) is 1. The summed E-state index contributed by atoms with van der Waals surface area (Å²) in [4.78, 5) is 24.4. The van der Waals surface area contributed by atoms with Crippen LogP contribution in [-0.2, 0) is 9.53 Å². The van der Waals surface area contributed by atoms with Gasteiger partial charge in [0.25, 0.3) is 0 Å². The van der Waals surface area contributed by atoms with Crippen molar-refractivity contribution >= 4 is 12.1 Å². The highest BCUT2D eigenvalue weighted by Gasteiger charge is 2.51. The molecule has 1 N–H and O–H groups in total. The number of carbonyl (C=O) groups is 2. The number of carboxylic acid groups (broad SMARTS) is 1. The Balaban J connectivity index is 1.81. The van der Waals surface area contributed by atoms with Crippen molar-refractivity contribution in [2.24, 2.45) is 23.7 Å². The predicted octanol–water partition coefficient (Wildman–Crippen LogP) is 1.96. The van der Waals surface area contributed by atoms with E-state index in [2.05, 4.69) is 0 Å². The molecule has 0 aromatic carbocycles. The molecule has 0 aromatic heterocycles. The van der Waals surface area contributed by atoms with Crippen molar-refractivity contribution in [1.29, 1.82) is 0 Å². The molecule has 4 saturated carbocycles. The lowest BCUT2D eigenvalue weighted by atomic mass is 9.54. The monoisotopic (exact) mass is 267 g/mol. The number of rotatable bonds is 3. The second-order valence-electron chi connectivity index (χ2n) is 6.41. The maximum absolute atomic E-state index is 11.9. The highest BCUT2D eigenvalue weighted by molar-refractivity contribution is 5.77. The molecule has 4 bridgehead atoms. The summed E-state index contributed by atoms with van der Waals surface area (Å²) >= 11 is 0. The molecule has 4 rings (SSSR count). The summed E-state index contributed by atoms with van der Waals surface area (Å²) in [7, 11) is 1.33. The number of carbonyl (C=O) groups excluding carboxylic acids is 1. The third-order valence-electron chi connectivity index (χ3n) is 5.25. The molecule has 0 unspecified atom stereocenters. The van der Waals surface area contributed by atoms with Crippen LogP contribution in [0.5, 0.6) is 0 Å². The first kappa shape index (κ1) is 12.8. The molecular formula is C14H21NO4. The molecule has 0 heterocycles.